The Balaban J connectivity index is 1.66. The molecule has 1 N–H and O–H groups in total. The van der Waals surface area contributed by atoms with Crippen LogP contribution in [0, 0.1) is 0 Å². The van der Waals surface area contributed by atoms with Crippen molar-refractivity contribution in [2.75, 3.05) is 26.2 Å². The number of carbonyl (C=O) groups excluding carboxylic acids is 1. The summed E-state index contributed by atoms with van der Waals surface area (Å²) in [5.41, 5.74) is -0.717. The summed E-state index contributed by atoms with van der Waals surface area (Å²) in [7, 11) is 0. The fraction of sp³-hybridized carbons (Fsp3) is 0.269. The summed E-state index contributed by atoms with van der Waals surface area (Å²) in [6, 6.07) is 12.6. The number of amides is 1. The van der Waals surface area contributed by atoms with Gasteiger partial charge in [0.05, 0.1) is 22.0 Å². The van der Waals surface area contributed by atoms with Crippen molar-refractivity contribution in [3.63, 3.8) is 0 Å². The Morgan fingerprint density at radius 1 is 0.974 bits per heavy atom. The Labute approximate surface area is 231 Å². The van der Waals surface area contributed by atoms with Crippen molar-refractivity contribution in [1.82, 2.24) is 25.0 Å². The fourth-order valence-electron chi connectivity index (χ4n) is 4.54. The molecule has 0 radical (unpaired) electrons. The number of nitrogens with zero attached hydrogens (tertiary/aromatic N) is 4. The number of likely N-dealkylation sites (tertiary alicyclic amines) is 1. The van der Waals surface area contributed by atoms with Crippen molar-refractivity contribution >= 4 is 51.7 Å². The number of hydrogen-bond acceptors (Lipinski definition) is 4. The smallest absolute Gasteiger partial charge is 0.351 e. The van der Waals surface area contributed by atoms with E-state index in [-0.39, 0.29) is 22.6 Å². The number of nitrogens with one attached hydrogen (secondary N) is 1. The zero-order valence-corrected chi connectivity index (χ0v) is 22.1. The molecule has 0 unspecified atom stereocenters. The van der Waals surface area contributed by atoms with Crippen LogP contribution in [-0.2, 0) is 6.18 Å². The summed E-state index contributed by atoms with van der Waals surface area (Å²) in [5.74, 6) is -0.856. The molecule has 4 aromatic rings. The first kappa shape index (κ1) is 26.7. The number of alkyl halides is 3. The fourth-order valence-corrected chi connectivity index (χ4v) is 5.16. The van der Waals surface area contributed by atoms with Crippen LogP contribution < -0.4 is 5.32 Å². The molecule has 6 nitrogen and oxygen atoms in total. The summed E-state index contributed by atoms with van der Waals surface area (Å²) in [6.07, 6.45) is -2.73. The van der Waals surface area contributed by atoms with E-state index in [1.165, 1.54) is 16.8 Å². The third-order valence-electron chi connectivity index (χ3n) is 6.35. The van der Waals surface area contributed by atoms with E-state index < -0.39 is 23.3 Å². The van der Waals surface area contributed by atoms with Gasteiger partial charge in [-0.1, -0.05) is 46.9 Å². The van der Waals surface area contributed by atoms with Crippen LogP contribution >= 0.6 is 34.8 Å². The Kier molecular flexibility index (Phi) is 7.55. The second kappa shape index (κ2) is 10.7. The summed E-state index contributed by atoms with van der Waals surface area (Å²) >= 11 is 18.6. The maximum Gasteiger partial charge on any atom is 0.434 e. The standard InChI is InChI=1S/C26H21Cl3F3N5O/c27-16-5-3-15(4-6-16)22-18-14-19(25(38)33-9-12-36-10-1-2-11-36)23(26(30,31)32)34-24(18)35-37(22)21-8-7-17(28)13-20(21)29/h3-8,13-14H,1-2,9-12H2,(H,33,38). The highest BCUT2D eigenvalue weighted by molar-refractivity contribution is 6.35. The molecule has 1 fully saturated rings. The van der Waals surface area contributed by atoms with Gasteiger partial charge in [-0.2, -0.15) is 13.2 Å². The molecule has 198 valence electrons. The summed E-state index contributed by atoms with van der Waals surface area (Å²) < 4.78 is 43.6. The van der Waals surface area contributed by atoms with Gasteiger partial charge in [-0.3, -0.25) is 4.79 Å². The van der Waals surface area contributed by atoms with Gasteiger partial charge in [0.2, 0.25) is 0 Å². The highest BCUT2D eigenvalue weighted by Gasteiger charge is 2.38. The molecular weight excluding hydrogens is 562 g/mol. The van der Waals surface area contributed by atoms with Gasteiger partial charge < -0.3 is 10.2 Å². The highest BCUT2D eigenvalue weighted by Crippen LogP contribution is 2.38. The Hall–Kier alpha value is -2.85. The van der Waals surface area contributed by atoms with Crippen molar-refractivity contribution in [3.05, 3.63) is 74.9 Å². The lowest BCUT2D eigenvalue weighted by Crippen LogP contribution is -2.34. The molecule has 0 saturated carbocycles. The van der Waals surface area contributed by atoms with Crippen molar-refractivity contribution in [3.8, 4) is 16.9 Å². The second-order valence-electron chi connectivity index (χ2n) is 8.92. The SMILES string of the molecule is O=C(NCCN1CCCC1)c1cc2c(-c3ccc(Cl)cc3)n(-c3ccc(Cl)cc3Cl)nc2nc1C(F)(F)F. The minimum absolute atomic E-state index is 0.193. The zero-order chi connectivity index (χ0) is 27.0. The lowest BCUT2D eigenvalue weighted by atomic mass is 10.0. The van der Waals surface area contributed by atoms with Crippen LogP contribution in [0.3, 0.4) is 0 Å². The molecule has 1 aliphatic heterocycles. The summed E-state index contributed by atoms with van der Waals surface area (Å²) in [6.45, 7) is 2.60. The molecule has 12 heteroatoms. The van der Waals surface area contributed by atoms with E-state index in [4.69, 9.17) is 34.8 Å². The first-order valence-electron chi connectivity index (χ1n) is 11.8. The van der Waals surface area contributed by atoms with Gasteiger partial charge in [-0.15, -0.1) is 5.10 Å². The summed E-state index contributed by atoms with van der Waals surface area (Å²) in [5, 5.41) is 8.33. The zero-order valence-electron chi connectivity index (χ0n) is 19.8. The van der Waals surface area contributed by atoms with E-state index in [9.17, 15) is 18.0 Å². The molecule has 1 saturated heterocycles. The minimum atomic E-state index is -4.88. The molecule has 1 amide bonds. The highest BCUT2D eigenvalue weighted by atomic mass is 35.5. The van der Waals surface area contributed by atoms with Gasteiger partial charge in [0.15, 0.2) is 11.3 Å². The van der Waals surface area contributed by atoms with Crippen LogP contribution in [-0.4, -0.2) is 51.8 Å². The van der Waals surface area contributed by atoms with E-state index >= 15 is 0 Å². The quantitative estimate of drug-likeness (QED) is 0.269. The molecule has 2 aromatic heterocycles. The molecule has 38 heavy (non-hydrogen) atoms. The van der Waals surface area contributed by atoms with Gasteiger partial charge in [0.25, 0.3) is 5.91 Å². The Bertz CT molecular complexity index is 1500. The number of hydrogen-bond donors (Lipinski definition) is 1. The second-order valence-corrected chi connectivity index (χ2v) is 10.2. The molecule has 3 heterocycles. The van der Waals surface area contributed by atoms with Crippen LogP contribution in [0.2, 0.25) is 15.1 Å². The lowest BCUT2D eigenvalue weighted by Gasteiger charge is -2.16. The van der Waals surface area contributed by atoms with E-state index in [0.717, 1.165) is 25.9 Å². The predicted octanol–water partition coefficient (Wildman–Crippen LogP) is 6.89. The van der Waals surface area contributed by atoms with E-state index in [0.29, 0.717) is 33.5 Å². The Morgan fingerprint density at radius 2 is 1.66 bits per heavy atom. The maximum atomic E-state index is 14.1. The van der Waals surface area contributed by atoms with Crippen LogP contribution in [0.15, 0.2) is 48.5 Å². The van der Waals surface area contributed by atoms with Crippen LogP contribution in [0.1, 0.15) is 28.9 Å². The van der Waals surface area contributed by atoms with Crippen molar-refractivity contribution in [2.24, 2.45) is 0 Å². The van der Waals surface area contributed by atoms with Crippen LogP contribution in [0.4, 0.5) is 13.2 Å². The van der Waals surface area contributed by atoms with Gasteiger partial charge >= 0.3 is 6.18 Å². The van der Waals surface area contributed by atoms with Crippen LogP contribution in [0.25, 0.3) is 28.0 Å². The molecule has 1 aliphatic rings. The number of aromatic nitrogens is 3. The monoisotopic (exact) mass is 581 g/mol. The predicted molar refractivity (Wildman–Crippen MR) is 142 cm³/mol. The summed E-state index contributed by atoms with van der Waals surface area (Å²) in [4.78, 5) is 19.0. The number of carbonyl (C=O) groups is 1. The van der Waals surface area contributed by atoms with Gasteiger partial charge in [0, 0.05) is 34.1 Å². The third kappa shape index (κ3) is 5.47. The number of halogens is 6. The Morgan fingerprint density at radius 3 is 2.32 bits per heavy atom. The van der Waals surface area contributed by atoms with E-state index in [2.05, 4.69) is 20.3 Å². The maximum absolute atomic E-state index is 14.1. The van der Waals surface area contributed by atoms with Crippen molar-refractivity contribution < 1.29 is 18.0 Å². The van der Waals surface area contributed by atoms with Gasteiger partial charge in [-0.05, 0) is 62.3 Å². The molecule has 0 spiro atoms. The minimum Gasteiger partial charge on any atom is -0.351 e. The van der Waals surface area contributed by atoms with E-state index in [1.807, 2.05) is 0 Å². The molecule has 0 bridgehead atoms. The molecule has 0 aliphatic carbocycles. The normalized spacial score (nSPS) is 14.4. The topological polar surface area (TPSA) is 63.1 Å². The lowest BCUT2D eigenvalue weighted by molar-refractivity contribution is -0.141. The van der Waals surface area contributed by atoms with Gasteiger partial charge in [0.1, 0.15) is 0 Å². The molecular formula is C26H21Cl3F3N5O. The van der Waals surface area contributed by atoms with Gasteiger partial charge in [-0.25, -0.2) is 9.67 Å². The van der Waals surface area contributed by atoms with Crippen LogP contribution in [0.5, 0.6) is 0 Å². The number of rotatable bonds is 6. The number of benzene rings is 2. The van der Waals surface area contributed by atoms with Crippen molar-refractivity contribution in [1.29, 1.82) is 0 Å². The average Bonchev–Trinajstić information content (AvgIpc) is 3.51. The first-order valence-corrected chi connectivity index (χ1v) is 13.0. The number of fused-ring (bicyclic) bond motifs is 1. The van der Waals surface area contributed by atoms with E-state index in [1.54, 1.807) is 36.4 Å². The largest absolute Gasteiger partial charge is 0.434 e. The first-order chi connectivity index (χ1) is 18.1. The molecule has 0 atom stereocenters. The molecule has 2 aromatic carbocycles. The van der Waals surface area contributed by atoms with Crippen molar-refractivity contribution in [2.45, 2.75) is 19.0 Å². The number of pyridine rings is 1. The average molecular weight is 583 g/mol. The molecule has 5 rings (SSSR count). The third-order valence-corrected chi connectivity index (χ3v) is 7.13.